The highest BCUT2D eigenvalue weighted by Crippen LogP contribution is 2.25. The minimum Gasteiger partial charge on any atom is -0.356 e. The van der Waals surface area contributed by atoms with Gasteiger partial charge in [-0.05, 0) is 25.0 Å². The van der Waals surface area contributed by atoms with Crippen LogP contribution in [0.2, 0.25) is 5.02 Å². The number of anilines is 2. The summed E-state index contributed by atoms with van der Waals surface area (Å²) in [6.45, 7) is 1.85. The second-order valence-electron chi connectivity index (χ2n) is 5.33. The maximum Gasteiger partial charge on any atom is 0.288 e. The van der Waals surface area contributed by atoms with Crippen LogP contribution in [0.3, 0.4) is 0 Å². The molecule has 0 unspecified atom stereocenters. The van der Waals surface area contributed by atoms with E-state index < -0.39 is 10.8 Å². The van der Waals surface area contributed by atoms with E-state index in [9.17, 15) is 14.9 Å². The molecule has 1 aliphatic rings. The molecule has 0 aliphatic carbocycles. The molecule has 1 fully saturated rings. The number of halogens is 1. The van der Waals surface area contributed by atoms with Crippen molar-refractivity contribution in [3.8, 4) is 0 Å². The van der Waals surface area contributed by atoms with E-state index in [1.165, 1.54) is 18.5 Å². The van der Waals surface area contributed by atoms with Crippen LogP contribution in [-0.2, 0) is 0 Å². The Kier molecular flexibility index (Phi) is 4.57. The smallest absolute Gasteiger partial charge is 0.288 e. The standard InChI is InChI=1S/C15H14ClN5O3/c16-11-4-3-10(7-12(11)21(23)24)15(22)19-13-8-14(18-9-17-13)20-5-1-2-6-20/h3-4,7-9H,1-2,5-6H2,(H,17,18,19,22). The van der Waals surface area contributed by atoms with Gasteiger partial charge in [-0.15, -0.1) is 0 Å². The van der Waals surface area contributed by atoms with Crippen molar-refractivity contribution in [3.05, 3.63) is 51.3 Å². The Morgan fingerprint density at radius 2 is 2.00 bits per heavy atom. The third kappa shape index (κ3) is 3.43. The Balaban J connectivity index is 1.78. The Morgan fingerprint density at radius 3 is 2.71 bits per heavy atom. The molecule has 0 spiro atoms. The predicted octanol–water partition coefficient (Wildman–Crippen LogP) is 2.89. The topological polar surface area (TPSA) is 101 Å². The lowest BCUT2D eigenvalue weighted by Crippen LogP contribution is -2.20. The van der Waals surface area contributed by atoms with Crippen molar-refractivity contribution in [2.75, 3.05) is 23.3 Å². The highest BCUT2D eigenvalue weighted by Gasteiger charge is 2.18. The summed E-state index contributed by atoms with van der Waals surface area (Å²) in [4.78, 5) is 32.9. The number of rotatable bonds is 4. The van der Waals surface area contributed by atoms with Crippen LogP contribution in [0, 0.1) is 10.1 Å². The van der Waals surface area contributed by atoms with E-state index in [2.05, 4.69) is 20.2 Å². The van der Waals surface area contributed by atoms with E-state index in [1.54, 1.807) is 6.07 Å². The van der Waals surface area contributed by atoms with E-state index in [4.69, 9.17) is 11.6 Å². The summed E-state index contributed by atoms with van der Waals surface area (Å²) < 4.78 is 0. The first-order valence-corrected chi connectivity index (χ1v) is 7.74. The summed E-state index contributed by atoms with van der Waals surface area (Å²) >= 11 is 5.75. The van der Waals surface area contributed by atoms with Gasteiger partial charge in [0.1, 0.15) is 23.0 Å². The summed E-state index contributed by atoms with van der Waals surface area (Å²) in [7, 11) is 0. The molecule has 1 N–H and O–H groups in total. The lowest BCUT2D eigenvalue weighted by Gasteiger charge is -2.16. The zero-order valence-electron chi connectivity index (χ0n) is 12.6. The molecular weight excluding hydrogens is 334 g/mol. The van der Waals surface area contributed by atoms with Crippen LogP contribution < -0.4 is 10.2 Å². The molecule has 1 amide bonds. The number of amides is 1. The number of aromatic nitrogens is 2. The molecule has 2 heterocycles. The second-order valence-corrected chi connectivity index (χ2v) is 5.74. The number of nitro groups is 1. The van der Waals surface area contributed by atoms with E-state index in [-0.39, 0.29) is 16.3 Å². The molecule has 0 saturated carbocycles. The van der Waals surface area contributed by atoms with Gasteiger partial charge in [-0.3, -0.25) is 14.9 Å². The Bertz CT molecular complexity index is 792. The minimum atomic E-state index is -0.630. The van der Waals surface area contributed by atoms with Crippen molar-refractivity contribution in [3.63, 3.8) is 0 Å². The highest BCUT2D eigenvalue weighted by atomic mass is 35.5. The molecule has 8 nitrogen and oxygen atoms in total. The average Bonchev–Trinajstić information content (AvgIpc) is 3.09. The van der Waals surface area contributed by atoms with Crippen LogP contribution >= 0.6 is 11.6 Å². The monoisotopic (exact) mass is 347 g/mol. The van der Waals surface area contributed by atoms with E-state index in [1.807, 2.05) is 0 Å². The van der Waals surface area contributed by atoms with Crippen molar-refractivity contribution in [2.24, 2.45) is 0 Å². The lowest BCUT2D eigenvalue weighted by molar-refractivity contribution is -0.384. The summed E-state index contributed by atoms with van der Waals surface area (Å²) in [5, 5.41) is 13.5. The number of nitrogens with zero attached hydrogens (tertiary/aromatic N) is 4. The molecule has 1 aliphatic heterocycles. The quantitative estimate of drug-likeness (QED) is 0.674. The molecule has 124 valence electrons. The molecule has 24 heavy (non-hydrogen) atoms. The van der Waals surface area contributed by atoms with Crippen molar-refractivity contribution < 1.29 is 9.72 Å². The van der Waals surface area contributed by atoms with Crippen LogP contribution in [0.15, 0.2) is 30.6 Å². The molecule has 0 bridgehead atoms. The summed E-state index contributed by atoms with van der Waals surface area (Å²) in [5.41, 5.74) is -0.183. The predicted molar refractivity (Wildman–Crippen MR) is 89.5 cm³/mol. The second kappa shape index (κ2) is 6.79. The van der Waals surface area contributed by atoms with E-state index in [0.717, 1.165) is 37.8 Å². The number of carbonyl (C=O) groups excluding carboxylic acids is 1. The van der Waals surface area contributed by atoms with E-state index in [0.29, 0.717) is 5.82 Å². The van der Waals surface area contributed by atoms with Crippen molar-refractivity contribution in [1.29, 1.82) is 0 Å². The fourth-order valence-corrected chi connectivity index (χ4v) is 2.70. The zero-order valence-corrected chi connectivity index (χ0v) is 13.4. The van der Waals surface area contributed by atoms with Gasteiger partial charge >= 0.3 is 0 Å². The molecule has 1 aromatic heterocycles. The molecule has 2 aromatic rings. The van der Waals surface area contributed by atoms with Crippen LogP contribution in [-0.4, -0.2) is 33.9 Å². The van der Waals surface area contributed by atoms with Crippen molar-refractivity contribution in [1.82, 2.24) is 9.97 Å². The van der Waals surface area contributed by atoms with Gasteiger partial charge in [0.25, 0.3) is 11.6 Å². The van der Waals surface area contributed by atoms with Crippen LogP contribution in [0.1, 0.15) is 23.2 Å². The number of nitro benzene ring substituents is 1. The first kappa shape index (κ1) is 16.1. The van der Waals surface area contributed by atoms with Gasteiger partial charge in [0.05, 0.1) is 4.92 Å². The maximum atomic E-state index is 12.3. The summed E-state index contributed by atoms with van der Waals surface area (Å²) in [6.07, 6.45) is 3.61. The average molecular weight is 348 g/mol. The number of nitrogens with one attached hydrogen (secondary N) is 1. The number of benzene rings is 1. The third-order valence-corrected chi connectivity index (χ3v) is 4.05. The number of hydrogen-bond acceptors (Lipinski definition) is 6. The fourth-order valence-electron chi connectivity index (χ4n) is 2.52. The van der Waals surface area contributed by atoms with E-state index >= 15 is 0 Å². The number of hydrogen-bond donors (Lipinski definition) is 1. The third-order valence-electron chi connectivity index (χ3n) is 3.73. The number of carbonyl (C=O) groups is 1. The Hall–Kier alpha value is -2.74. The Morgan fingerprint density at radius 1 is 1.25 bits per heavy atom. The minimum absolute atomic E-state index is 0.0186. The molecule has 1 saturated heterocycles. The van der Waals surface area contributed by atoms with Gasteiger partial charge in [-0.25, -0.2) is 9.97 Å². The van der Waals surface area contributed by atoms with Gasteiger partial charge in [0.15, 0.2) is 0 Å². The van der Waals surface area contributed by atoms with Crippen LogP contribution in [0.5, 0.6) is 0 Å². The van der Waals surface area contributed by atoms with Gasteiger partial charge in [0.2, 0.25) is 0 Å². The van der Waals surface area contributed by atoms with Crippen molar-refractivity contribution >= 4 is 34.8 Å². The summed E-state index contributed by atoms with van der Waals surface area (Å²) in [5.74, 6) is 0.593. The molecule has 1 aromatic carbocycles. The molecular formula is C15H14ClN5O3. The highest BCUT2D eigenvalue weighted by molar-refractivity contribution is 6.32. The normalized spacial score (nSPS) is 13.8. The zero-order chi connectivity index (χ0) is 17.1. The van der Waals surface area contributed by atoms with Gasteiger partial charge in [-0.1, -0.05) is 11.6 Å². The SMILES string of the molecule is O=C(Nc1cc(N2CCCC2)ncn1)c1ccc(Cl)c([N+](=O)[O-])c1. The lowest BCUT2D eigenvalue weighted by atomic mass is 10.2. The first-order valence-electron chi connectivity index (χ1n) is 7.37. The largest absolute Gasteiger partial charge is 0.356 e. The summed E-state index contributed by atoms with van der Waals surface area (Å²) in [6, 6.07) is 5.57. The molecule has 3 rings (SSSR count). The molecule has 0 atom stereocenters. The fraction of sp³-hybridized carbons (Fsp3) is 0.267. The molecule has 0 radical (unpaired) electrons. The van der Waals surface area contributed by atoms with Gasteiger partial charge in [0, 0.05) is 30.8 Å². The van der Waals surface area contributed by atoms with Crippen molar-refractivity contribution in [2.45, 2.75) is 12.8 Å². The molecule has 9 heteroatoms. The first-order chi connectivity index (χ1) is 11.5. The van der Waals surface area contributed by atoms with Crippen LogP contribution in [0.4, 0.5) is 17.3 Å². The van der Waals surface area contributed by atoms with Crippen LogP contribution in [0.25, 0.3) is 0 Å². The van der Waals surface area contributed by atoms with Gasteiger partial charge in [-0.2, -0.15) is 0 Å². The Labute approximate surface area is 142 Å². The van der Waals surface area contributed by atoms with Gasteiger partial charge < -0.3 is 10.2 Å². The maximum absolute atomic E-state index is 12.3.